The van der Waals surface area contributed by atoms with Gasteiger partial charge in [-0.3, -0.25) is 9.69 Å². The summed E-state index contributed by atoms with van der Waals surface area (Å²) in [6.07, 6.45) is -3.47. The Kier molecular flexibility index (Phi) is 6.17. The molecular formula is C20H21F3N4O5. The molecule has 3 rings (SSSR count). The number of amides is 3. The number of aromatic nitrogens is 1. The van der Waals surface area contributed by atoms with E-state index < -0.39 is 35.7 Å². The average Bonchev–Trinajstić information content (AvgIpc) is 2.69. The summed E-state index contributed by atoms with van der Waals surface area (Å²) >= 11 is 0. The predicted molar refractivity (Wildman–Crippen MR) is 107 cm³/mol. The van der Waals surface area contributed by atoms with E-state index in [9.17, 15) is 27.9 Å². The number of anilines is 2. The molecule has 12 heteroatoms. The third-order valence-corrected chi connectivity index (χ3v) is 4.58. The van der Waals surface area contributed by atoms with Crippen LogP contribution < -0.4 is 25.0 Å². The van der Waals surface area contributed by atoms with Crippen LogP contribution in [0.5, 0.6) is 11.5 Å². The molecule has 32 heavy (non-hydrogen) atoms. The van der Waals surface area contributed by atoms with Crippen molar-refractivity contribution in [2.24, 2.45) is 0 Å². The molecule has 1 aliphatic rings. The Balaban J connectivity index is 1.86. The smallest absolute Gasteiger partial charge is 0.495 e. The summed E-state index contributed by atoms with van der Waals surface area (Å²) in [6, 6.07) is 4.49. The number of alkyl halides is 3. The third-order valence-electron chi connectivity index (χ3n) is 4.58. The summed E-state index contributed by atoms with van der Waals surface area (Å²) in [5, 5.41) is 15.8. The van der Waals surface area contributed by atoms with Crippen molar-refractivity contribution >= 4 is 23.4 Å². The highest BCUT2D eigenvalue weighted by molar-refractivity contribution is 6.08. The highest BCUT2D eigenvalue weighted by Crippen LogP contribution is 2.32. The van der Waals surface area contributed by atoms with Crippen LogP contribution in [0.1, 0.15) is 25.5 Å². The number of carbonyl (C=O) groups is 2. The lowest BCUT2D eigenvalue weighted by Crippen LogP contribution is -2.51. The van der Waals surface area contributed by atoms with Gasteiger partial charge in [-0.1, -0.05) is 12.1 Å². The van der Waals surface area contributed by atoms with Gasteiger partial charge in [0.15, 0.2) is 5.82 Å². The molecule has 0 saturated heterocycles. The van der Waals surface area contributed by atoms with Gasteiger partial charge in [0.1, 0.15) is 18.0 Å². The van der Waals surface area contributed by atoms with Crippen molar-refractivity contribution in [2.45, 2.75) is 31.9 Å². The van der Waals surface area contributed by atoms with E-state index >= 15 is 0 Å². The second-order valence-electron chi connectivity index (χ2n) is 7.53. The minimum Gasteiger partial charge on any atom is -0.495 e. The summed E-state index contributed by atoms with van der Waals surface area (Å²) in [7, 11) is 1.43. The van der Waals surface area contributed by atoms with Crippen molar-refractivity contribution in [1.82, 2.24) is 10.3 Å². The highest BCUT2D eigenvalue weighted by atomic mass is 19.4. The van der Waals surface area contributed by atoms with Gasteiger partial charge in [-0.05, 0) is 31.5 Å². The number of hydrogen-bond donors (Lipinski definition) is 3. The number of methoxy groups -OCH3 is 1. The van der Waals surface area contributed by atoms with E-state index in [0.717, 1.165) is 17.0 Å². The second kappa shape index (κ2) is 8.54. The van der Waals surface area contributed by atoms with Crippen LogP contribution in [0.2, 0.25) is 0 Å². The van der Waals surface area contributed by atoms with E-state index in [0.29, 0.717) is 11.3 Å². The van der Waals surface area contributed by atoms with Gasteiger partial charge in [0.2, 0.25) is 5.91 Å². The normalized spacial score (nSPS) is 14.8. The lowest BCUT2D eigenvalue weighted by Gasteiger charge is -2.34. The number of pyridine rings is 1. The molecule has 0 radical (unpaired) electrons. The number of aliphatic hydroxyl groups is 1. The maximum atomic E-state index is 13.0. The Bertz CT molecular complexity index is 1010. The molecule has 0 unspecified atom stereocenters. The monoisotopic (exact) mass is 454 g/mol. The molecule has 172 valence electrons. The van der Waals surface area contributed by atoms with Gasteiger partial charge >= 0.3 is 12.4 Å². The first kappa shape index (κ1) is 23.1. The van der Waals surface area contributed by atoms with Crippen LogP contribution in [0.25, 0.3) is 0 Å². The SMILES string of the molecule is COc1cnc2c(c1)NC(=O)CN2C(=O)N[C@@H](c1ccc(OC(F)(F)F)cc1)C(C)(C)O. The Morgan fingerprint density at radius 2 is 1.91 bits per heavy atom. The van der Waals surface area contributed by atoms with Crippen molar-refractivity contribution in [3.8, 4) is 11.5 Å². The molecule has 0 spiro atoms. The van der Waals surface area contributed by atoms with Crippen molar-refractivity contribution in [3.63, 3.8) is 0 Å². The first-order valence-electron chi connectivity index (χ1n) is 9.37. The molecule has 1 aliphatic heterocycles. The van der Waals surface area contributed by atoms with Crippen molar-refractivity contribution in [3.05, 3.63) is 42.1 Å². The van der Waals surface area contributed by atoms with E-state index in [-0.39, 0.29) is 18.1 Å². The van der Waals surface area contributed by atoms with E-state index in [2.05, 4.69) is 20.4 Å². The fourth-order valence-electron chi connectivity index (χ4n) is 3.16. The Morgan fingerprint density at radius 3 is 2.47 bits per heavy atom. The summed E-state index contributed by atoms with van der Waals surface area (Å²) < 4.78 is 46.1. The minimum atomic E-state index is -4.84. The van der Waals surface area contributed by atoms with E-state index in [1.165, 1.54) is 45.4 Å². The van der Waals surface area contributed by atoms with Gasteiger partial charge in [0, 0.05) is 6.07 Å². The number of hydrogen-bond acceptors (Lipinski definition) is 6. The molecule has 0 fully saturated rings. The molecule has 3 amide bonds. The average molecular weight is 454 g/mol. The van der Waals surface area contributed by atoms with Crippen LogP contribution in [0, 0.1) is 0 Å². The second-order valence-corrected chi connectivity index (χ2v) is 7.53. The Morgan fingerprint density at radius 1 is 1.25 bits per heavy atom. The van der Waals surface area contributed by atoms with Gasteiger partial charge < -0.3 is 25.2 Å². The molecule has 2 aromatic rings. The number of carbonyl (C=O) groups excluding carboxylic acids is 2. The van der Waals surface area contributed by atoms with Crippen LogP contribution in [0.3, 0.4) is 0 Å². The van der Waals surface area contributed by atoms with Gasteiger partial charge in [0.05, 0.1) is 30.6 Å². The number of rotatable bonds is 5. The summed E-state index contributed by atoms with van der Waals surface area (Å²) in [5.74, 6) is -0.355. The fraction of sp³-hybridized carbons (Fsp3) is 0.350. The quantitative estimate of drug-likeness (QED) is 0.640. The number of nitrogens with zero attached hydrogens (tertiary/aromatic N) is 2. The van der Waals surface area contributed by atoms with Gasteiger partial charge in [-0.2, -0.15) is 0 Å². The first-order chi connectivity index (χ1) is 14.9. The first-order valence-corrected chi connectivity index (χ1v) is 9.37. The van der Waals surface area contributed by atoms with E-state index in [1.54, 1.807) is 0 Å². The number of nitrogens with one attached hydrogen (secondary N) is 2. The standard InChI is InChI=1S/C20H21F3N4O5/c1-19(2,30)16(11-4-6-12(7-5-11)32-20(21,22)23)26-18(29)27-10-15(28)25-14-8-13(31-3)9-24-17(14)27/h4-9,16,30H,10H2,1-3H3,(H,25,28)(H,26,29)/t16-/m0/s1. The van der Waals surface area contributed by atoms with Gasteiger partial charge in [-0.15, -0.1) is 13.2 Å². The van der Waals surface area contributed by atoms with E-state index in [1.807, 2.05) is 0 Å². The zero-order valence-corrected chi connectivity index (χ0v) is 17.4. The summed E-state index contributed by atoms with van der Waals surface area (Å²) in [4.78, 5) is 30.4. The minimum absolute atomic E-state index is 0.173. The topological polar surface area (TPSA) is 113 Å². The number of ether oxygens (including phenoxy) is 2. The molecular weight excluding hydrogens is 433 g/mol. The Labute approximate surface area is 181 Å². The predicted octanol–water partition coefficient (Wildman–Crippen LogP) is 2.97. The van der Waals surface area contributed by atoms with Gasteiger partial charge in [-0.25, -0.2) is 9.78 Å². The molecule has 1 aromatic heterocycles. The lowest BCUT2D eigenvalue weighted by atomic mass is 9.92. The van der Waals surface area contributed by atoms with Crippen molar-refractivity contribution in [2.75, 3.05) is 23.9 Å². The molecule has 1 atom stereocenters. The van der Waals surface area contributed by atoms with Crippen molar-refractivity contribution < 1.29 is 37.3 Å². The summed E-state index contributed by atoms with van der Waals surface area (Å²) in [6.45, 7) is 2.53. The lowest BCUT2D eigenvalue weighted by molar-refractivity contribution is -0.274. The molecule has 0 saturated carbocycles. The maximum absolute atomic E-state index is 13.0. The van der Waals surface area contributed by atoms with Crippen LogP contribution in [-0.2, 0) is 4.79 Å². The largest absolute Gasteiger partial charge is 0.573 e. The summed E-state index contributed by atoms with van der Waals surface area (Å²) in [5.41, 5.74) is -0.912. The maximum Gasteiger partial charge on any atom is 0.573 e. The van der Waals surface area contributed by atoms with Crippen molar-refractivity contribution in [1.29, 1.82) is 0 Å². The zero-order valence-electron chi connectivity index (χ0n) is 17.4. The molecule has 3 N–H and O–H groups in total. The molecule has 1 aromatic carbocycles. The number of benzene rings is 1. The molecule has 2 heterocycles. The number of halogens is 3. The third kappa shape index (κ3) is 5.38. The molecule has 9 nitrogen and oxygen atoms in total. The highest BCUT2D eigenvalue weighted by Gasteiger charge is 2.35. The molecule has 0 bridgehead atoms. The van der Waals surface area contributed by atoms with Crippen LogP contribution in [0.4, 0.5) is 29.5 Å². The zero-order chi connectivity index (χ0) is 23.7. The van der Waals surface area contributed by atoms with Crippen LogP contribution >= 0.6 is 0 Å². The van der Waals surface area contributed by atoms with Crippen LogP contribution in [0.15, 0.2) is 36.5 Å². The number of fused-ring (bicyclic) bond motifs is 1. The fourth-order valence-corrected chi connectivity index (χ4v) is 3.16. The Hall–Kier alpha value is -3.54. The van der Waals surface area contributed by atoms with Crippen LogP contribution in [-0.4, -0.2) is 47.6 Å². The number of urea groups is 1. The molecule has 0 aliphatic carbocycles. The van der Waals surface area contributed by atoms with E-state index in [4.69, 9.17) is 4.74 Å². The van der Waals surface area contributed by atoms with Gasteiger partial charge in [0.25, 0.3) is 0 Å².